The fourth-order valence-electron chi connectivity index (χ4n) is 3.05. The third kappa shape index (κ3) is 3.10. The third-order valence-corrected chi connectivity index (χ3v) is 4.09. The summed E-state index contributed by atoms with van der Waals surface area (Å²) < 4.78 is 0. The van der Waals surface area contributed by atoms with Gasteiger partial charge in [0, 0.05) is 0 Å². The molecule has 0 bridgehead atoms. The highest BCUT2D eigenvalue weighted by atomic mass is 16.3. The molecule has 0 amide bonds. The van der Waals surface area contributed by atoms with Crippen LogP contribution in [0.25, 0.3) is 0 Å². The zero-order chi connectivity index (χ0) is 12.4. The normalized spacial score (nSPS) is 26.8. The first-order valence-electron chi connectivity index (χ1n) is 6.82. The minimum Gasteiger partial charge on any atom is -0.388 e. The van der Waals surface area contributed by atoms with Crippen LogP contribution in [0.2, 0.25) is 0 Å². The van der Waals surface area contributed by atoms with Crippen LogP contribution < -0.4 is 0 Å². The minimum absolute atomic E-state index is 0.263. The van der Waals surface area contributed by atoms with Crippen LogP contribution in [0.5, 0.6) is 0 Å². The van der Waals surface area contributed by atoms with Crippen LogP contribution in [0.4, 0.5) is 0 Å². The van der Waals surface area contributed by atoms with E-state index in [1.807, 2.05) is 0 Å². The number of hydrogen-bond donors (Lipinski definition) is 1. The third-order valence-electron chi connectivity index (χ3n) is 4.09. The smallest absolute Gasteiger partial charge is 0.0818 e. The summed E-state index contributed by atoms with van der Waals surface area (Å²) in [5, 5.41) is 10.5. The molecule has 0 heterocycles. The van der Waals surface area contributed by atoms with Gasteiger partial charge in [-0.2, -0.15) is 0 Å². The molecule has 1 aromatic rings. The number of aliphatic hydroxyl groups excluding tert-OH is 1. The molecule has 1 fully saturated rings. The van der Waals surface area contributed by atoms with Gasteiger partial charge in [-0.25, -0.2) is 0 Å². The summed E-state index contributed by atoms with van der Waals surface area (Å²) in [4.78, 5) is 0. The summed E-state index contributed by atoms with van der Waals surface area (Å²) in [6.07, 6.45) is 4.63. The van der Waals surface area contributed by atoms with Crippen molar-refractivity contribution in [3.63, 3.8) is 0 Å². The molecule has 0 saturated heterocycles. The molecule has 94 valence electrons. The summed E-state index contributed by atoms with van der Waals surface area (Å²) in [6.45, 7) is 6.53. The lowest BCUT2D eigenvalue weighted by Gasteiger charge is -2.30. The van der Waals surface area contributed by atoms with Crippen LogP contribution in [0.15, 0.2) is 18.2 Å². The van der Waals surface area contributed by atoms with Gasteiger partial charge in [0.1, 0.15) is 0 Å². The second-order valence-electron chi connectivity index (χ2n) is 5.89. The summed E-state index contributed by atoms with van der Waals surface area (Å²) in [6, 6.07) is 6.44. The van der Waals surface area contributed by atoms with Gasteiger partial charge in [-0.15, -0.1) is 0 Å². The standard InChI is InChI=1S/C16H24O/c1-11-4-6-14(7-5-11)16(17)15-9-12(2)8-13(3)10-15/h8-11,14,16-17H,4-7H2,1-3H3. The van der Waals surface area contributed by atoms with E-state index >= 15 is 0 Å². The molecule has 1 aromatic carbocycles. The quantitative estimate of drug-likeness (QED) is 0.811. The van der Waals surface area contributed by atoms with Crippen molar-refractivity contribution in [2.24, 2.45) is 11.8 Å². The van der Waals surface area contributed by atoms with Crippen molar-refractivity contribution >= 4 is 0 Å². The van der Waals surface area contributed by atoms with Gasteiger partial charge in [0.25, 0.3) is 0 Å². The summed E-state index contributed by atoms with van der Waals surface area (Å²) in [5.74, 6) is 1.31. The van der Waals surface area contributed by atoms with Crippen molar-refractivity contribution in [2.75, 3.05) is 0 Å². The maximum absolute atomic E-state index is 10.5. The first-order valence-corrected chi connectivity index (χ1v) is 6.82. The summed E-state index contributed by atoms with van der Waals surface area (Å²) in [5.41, 5.74) is 3.62. The van der Waals surface area contributed by atoms with Crippen molar-refractivity contribution in [3.05, 3.63) is 34.9 Å². The Kier molecular flexibility index (Phi) is 3.88. The predicted molar refractivity (Wildman–Crippen MR) is 72.0 cm³/mol. The van der Waals surface area contributed by atoms with E-state index < -0.39 is 0 Å². The van der Waals surface area contributed by atoms with Crippen LogP contribution in [0.3, 0.4) is 0 Å². The van der Waals surface area contributed by atoms with Gasteiger partial charge in [-0.1, -0.05) is 49.1 Å². The summed E-state index contributed by atoms with van der Waals surface area (Å²) >= 11 is 0. The van der Waals surface area contributed by atoms with Crippen LogP contribution in [-0.4, -0.2) is 5.11 Å². The minimum atomic E-state index is -0.263. The molecule has 1 heteroatoms. The fraction of sp³-hybridized carbons (Fsp3) is 0.625. The van der Waals surface area contributed by atoms with Gasteiger partial charge < -0.3 is 5.11 Å². The SMILES string of the molecule is Cc1cc(C)cc(C(O)C2CCC(C)CC2)c1. The van der Waals surface area contributed by atoms with Crippen LogP contribution >= 0.6 is 0 Å². The largest absolute Gasteiger partial charge is 0.388 e. The monoisotopic (exact) mass is 232 g/mol. The Balaban J connectivity index is 2.10. The molecule has 0 spiro atoms. The number of benzene rings is 1. The maximum atomic E-state index is 10.5. The highest BCUT2D eigenvalue weighted by Gasteiger charge is 2.25. The molecule has 1 unspecified atom stereocenters. The van der Waals surface area contributed by atoms with Crippen molar-refractivity contribution in [1.82, 2.24) is 0 Å². The van der Waals surface area contributed by atoms with E-state index in [2.05, 4.69) is 39.0 Å². The molecule has 0 radical (unpaired) electrons. The molecular formula is C16H24O. The van der Waals surface area contributed by atoms with Gasteiger partial charge in [0.15, 0.2) is 0 Å². The first kappa shape index (κ1) is 12.6. The number of hydrogen-bond acceptors (Lipinski definition) is 1. The maximum Gasteiger partial charge on any atom is 0.0818 e. The van der Waals surface area contributed by atoms with Crippen molar-refractivity contribution in [1.29, 1.82) is 0 Å². The Morgan fingerprint density at radius 3 is 2.06 bits per heavy atom. The molecule has 1 saturated carbocycles. The second-order valence-corrected chi connectivity index (χ2v) is 5.89. The number of aryl methyl sites for hydroxylation is 2. The van der Waals surface area contributed by atoms with E-state index in [-0.39, 0.29) is 6.10 Å². The zero-order valence-corrected chi connectivity index (χ0v) is 11.2. The average molecular weight is 232 g/mol. The Morgan fingerprint density at radius 2 is 1.53 bits per heavy atom. The van der Waals surface area contributed by atoms with Crippen LogP contribution in [-0.2, 0) is 0 Å². The highest BCUT2D eigenvalue weighted by molar-refractivity contribution is 5.30. The Bertz CT molecular complexity index is 355. The van der Waals surface area contributed by atoms with E-state index in [9.17, 15) is 5.11 Å². The van der Waals surface area contributed by atoms with E-state index in [0.29, 0.717) is 5.92 Å². The Labute approximate surface area is 105 Å². The lowest BCUT2D eigenvalue weighted by Crippen LogP contribution is -2.19. The molecule has 17 heavy (non-hydrogen) atoms. The van der Waals surface area contributed by atoms with Gasteiger partial charge in [0.2, 0.25) is 0 Å². The number of aliphatic hydroxyl groups is 1. The van der Waals surface area contributed by atoms with E-state index in [4.69, 9.17) is 0 Å². The predicted octanol–water partition coefficient (Wildman–Crippen LogP) is 4.16. The van der Waals surface area contributed by atoms with Crippen LogP contribution in [0, 0.1) is 25.7 Å². The van der Waals surface area contributed by atoms with Crippen molar-refractivity contribution in [3.8, 4) is 0 Å². The molecule has 1 atom stereocenters. The van der Waals surface area contributed by atoms with E-state index in [1.54, 1.807) is 0 Å². The Morgan fingerprint density at radius 1 is 1.00 bits per heavy atom. The molecule has 0 aliphatic heterocycles. The number of rotatable bonds is 2. The fourth-order valence-corrected chi connectivity index (χ4v) is 3.05. The molecule has 1 nitrogen and oxygen atoms in total. The molecule has 1 N–H and O–H groups in total. The topological polar surface area (TPSA) is 20.2 Å². The van der Waals surface area contributed by atoms with Gasteiger partial charge in [0.05, 0.1) is 6.10 Å². The lowest BCUT2D eigenvalue weighted by molar-refractivity contribution is 0.0755. The van der Waals surface area contributed by atoms with Gasteiger partial charge >= 0.3 is 0 Å². The van der Waals surface area contributed by atoms with Crippen LogP contribution in [0.1, 0.15) is 55.4 Å². The lowest BCUT2D eigenvalue weighted by atomic mass is 9.78. The molecule has 1 aliphatic rings. The second kappa shape index (κ2) is 5.22. The molecule has 1 aliphatic carbocycles. The zero-order valence-electron chi connectivity index (χ0n) is 11.2. The van der Waals surface area contributed by atoms with Gasteiger partial charge in [-0.05, 0) is 44.1 Å². The summed E-state index contributed by atoms with van der Waals surface area (Å²) in [7, 11) is 0. The first-order chi connectivity index (χ1) is 8.06. The van der Waals surface area contributed by atoms with E-state index in [1.165, 1.54) is 36.8 Å². The Hall–Kier alpha value is -0.820. The average Bonchev–Trinajstić information content (AvgIpc) is 2.28. The van der Waals surface area contributed by atoms with Crippen molar-refractivity contribution < 1.29 is 5.11 Å². The molecule has 0 aromatic heterocycles. The highest BCUT2D eigenvalue weighted by Crippen LogP contribution is 2.36. The molecule has 2 rings (SSSR count). The van der Waals surface area contributed by atoms with Crippen molar-refractivity contribution in [2.45, 2.75) is 52.6 Å². The molecular weight excluding hydrogens is 208 g/mol. The van der Waals surface area contributed by atoms with E-state index in [0.717, 1.165) is 11.5 Å². The van der Waals surface area contributed by atoms with Gasteiger partial charge in [-0.3, -0.25) is 0 Å².